The van der Waals surface area contributed by atoms with Crippen molar-refractivity contribution in [3.8, 4) is 34.2 Å². The number of hydrogen-bond donors (Lipinski definition) is 0. The van der Waals surface area contributed by atoms with Gasteiger partial charge in [-0.15, -0.1) is 5.10 Å². The molecule has 0 spiro atoms. The molecule has 0 atom stereocenters. The van der Waals surface area contributed by atoms with Gasteiger partial charge in [0.25, 0.3) is 0 Å². The van der Waals surface area contributed by atoms with E-state index in [0.29, 0.717) is 12.5 Å². The van der Waals surface area contributed by atoms with Crippen molar-refractivity contribution in [1.82, 2.24) is 14.7 Å². The number of benzene rings is 2. The molecule has 2 aromatic carbocycles. The van der Waals surface area contributed by atoms with Crippen molar-refractivity contribution < 1.29 is 18.9 Å². The van der Waals surface area contributed by atoms with Crippen LogP contribution in [0.5, 0.6) is 17.4 Å². The Kier molecular flexibility index (Phi) is 6.51. The topological polar surface area (TPSA) is 58.0 Å². The summed E-state index contributed by atoms with van der Waals surface area (Å²) in [7, 11) is 3.32. The van der Waals surface area contributed by atoms with Crippen LogP contribution in [0.3, 0.4) is 0 Å². The number of aromatic nitrogens is 2. The lowest BCUT2D eigenvalue weighted by atomic mass is 10.1. The summed E-state index contributed by atoms with van der Waals surface area (Å²) < 4.78 is 23.9. The van der Waals surface area contributed by atoms with Crippen LogP contribution in [0.4, 0.5) is 0 Å². The molecule has 1 aromatic heterocycles. The zero-order chi connectivity index (χ0) is 20.8. The van der Waals surface area contributed by atoms with E-state index in [9.17, 15) is 0 Å². The predicted molar refractivity (Wildman–Crippen MR) is 115 cm³/mol. The van der Waals surface area contributed by atoms with Crippen molar-refractivity contribution in [2.75, 3.05) is 53.7 Å². The van der Waals surface area contributed by atoms with E-state index in [-0.39, 0.29) is 0 Å². The summed E-state index contributed by atoms with van der Waals surface area (Å²) in [4.78, 5) is 2.34. The van der Waals surface area contributed by atoms with Crippen molar-refractivity contribution in [2.24, 2.45) is 0 Å². The highest BCUT2D eigenvalue weighted by Crippen LogP contribution is 2.31. The molecule has 1 saturated heterocycles. The van der Waals surface area contributed by atoms with E-state index in [1.807, 2.05) is 59.4 Å². The maximum atomic E-state index is 6.13. The van der Waals surface area contributed by atoms with Gasteiger partial charge >= 0.3 is 0 Å². The second-order valence-electron chi connectivity index (χ2n) is 7.02. The second kappa shape index (κ2) is 9.65. The molecular formula is C23H27N3O4. The zero-order valence-electron chi connectivity index (χ0n) is 17.4. The van der Waals surface area contributed by atoms with E-state index < -0.39 is 0 Å². The maximum Gasteiger partial charge on any atom is 0.241 e. The fraction of sp³-hybridized carbons (Fsp3) is 0.348. The van der Waals surface area contributed by atoms with Gasteiger partial charge in [-0.3, -0.25) is 4.90 Å². The fourth-order valence-corrected chi connectivity index (χ4v) is 3.40. The van der Waals surface area contributed by atoms with Gasteiger partial charge in [0, 0.05) is 25.8 Å². The van der Waals surface area contributed by atoms with Gasteiger partial charge in [-0.2, -0.15) is 0 Å². The summed E-state index contributed by atoms with van der Waals surface area (Å²) in [6.07, 6.45) is 1.99. The van der Waals surface area contributed by atoms with E-state index in [1.165, 1.54) is 0 Å². The van der Waals surface area contributed by atoms with Crippen LogP contribution < -0.4 is 14.2 Å². The second-order valence-corrected chi connectivity index (χ2v) is 7.02. The SMILES string of the molecule is COc1ccc(-c2cn(-c3ccc(OC)cc3)nc2OCCN2CCOCC2)cc1. The van der Waals surface area contributed by atoms with E-state index in [1.54, 1.807) is 14.2 Å². The largest absolute Gasteiger partial charge is 0.497 e. The van der Waals surface area contributed by atoms with Crippen LogP contribution in [-0.2, 0) is 4.74 Å². The predicted octanol–water partition coefficient (Wildman–Crippen LogP) is 3.27. The maximum absolute atomic E-state index is 6.13. The van der Waals surface area contributed by atoms with Gasteiger partial charge in [0.1, 0.15) is 18.1 Å². The lowest BCUT2D eigenvalue weighted by molar-refractivity contribution is 0.0320. The molecule has 1 aliphatic rings. The monoisotopic (exact) mass is 409 g/mol. The molecule has 30 heavy (non-hydrogen) atoms. The van der Waals surface area contributed by atoms with Crippen molar-refractivity contribution in [3.05, 3.63) is 54.7 Å². The Morgan fingerprint density at radius 1 is 0.900 bits per heavy atom. The standard InChI is InChI=1S/C23H27N3O4/c1-27-20-7-3-18(4-8-20)22-17-26(19-5-9-21(28-2)10-6-19)24-23(22)30-16-13-25-11-14-29-15-12-25/h3-10,17H,11-16H2,1-2H3. The first-order valence-electron chi connectivity index (χ1n) is 10.1. The van der Waals surface area contributed by atoms with Crippen molar-refractivity contribution in [2.45, 2.75) is 0 Å². The molecule has 0 N–H and O–H groups in total. The summed E-state index contributed by atoms with van der Waals surface area (Å²) in [5.41, 5.74) is 2.90. The third-order valence-electron chi connectivity index (χ3n) is 5.17. The Labute approximate surface area is 176 Å². The van der Waals surface area contributed by atoms with E-state index in [0.717, 1.165) is 61.2 Å². The summed E-state index contributed by atoms with van der Waals surface area (Å²) in [5.74, 6) is 2.24. The minimum Gasteiger partial charge on any atom is -0.497 e. The van der Waals surface area contributed by atoms with Crippen LogP contribution in [0.2, 0.25) is 0 Å². The first-order valence-corrected chi connectivity index (χ1v) is 10.1. The number of rotatable bonds is 8. The van der Waals surface area contributed by atoms with Crippen LogP contribution in [0.25, 0.3) is 16.8 Å². The van der Waals surface area contributed by atoms with Crippen LogP contribution in [-0.4, -0.2) is 68.4 Å². The number of hydrogen-bond acceptors (Lipinski definition) is 6. The minimum absolute atomic E-state index is 0.572. The molecule has 4 rings (SSSR count). The third-order valence-corrected chi connectivity index (χ3v) is 5.17. The molecule has 0 saturated carbocycles. The third kappa shape index (κ3) is 4.75. The van der Waals surface area contributed by atoms with Gasteiger partial charge in [-0.1, -0.05) is 12.1 Å². The summed E-state index contributed by atoms with van der Waals surface area (Å²) in [5, 5.41) is 4.72. The van der Waals surface area contributed by atoms with Gasteiger partial charge in [0.2, 0.25) is 5.88 Å². The Hall–Kier alpha value is -3.03. The minimum atomic E-state index is 0.572. The van der Waals surface area contributed by atoms with Gasteiger partial charge in [-0.05, 0) is 42.0 Å². The molecule has 0 amide bonds. The first-order chi connectivity index (χ1) is 14.8. The van der Waals surface area contributed by atoms with Crippen LogP contribution in [0, 0.1) is 0 Å². The van der Waals surface area contributed by atoms with Crippen molar-refractivity contribution >= 4 is 0 Å². The summed E-state index contributed by atoms with van der Waals surface area (Å²) in [6.45, 7) is 4.86. The molecule has 0 aliphatic carbocycles. The Bertz CT molecular complexity index is 932. The molecule has 158 valence electrons. The lowest BCUT2D eigenvalue weighted by Crippen LogP contribution is -2.38. The molecule has 1 fully saturated rings. The van der Waals surface area contributed by atoms with Gasteiger partial charge < -0.3 is 18.9 Å². The van der Waals surface area contributed by atoms with E-state index >= 15 is 0 Å². The van der Waals surface area contributed by atoms with Crippen molar-refractivity contribution in [3.63, 3.8) is 0 Å². The molecule has 7 nitrogen and oxygen atoms in total. The lowest BCUT2D eigenvalue weighted by Gasteiger charge is -2.26. The molecule has 1 aliphatic heterocycles. The van der Waals surface area contributed by atoms with Crippen LogP contribution in [0.1, 0.15) is 0 Å². The Balaban J connectivity index is 1.57. The van der Waals surface area contributed by atoms with Gasteiger partial charge in [0.05, 0.1) is 38.7 Å². The van der Waals surface area contributed by atoms with E-state index in [2.05, 4.69) is 4.90 Å². The van der Waals surface area contributed by atoms with Gasteiger partial charge in [0.15, 0.2) is 0 Å². The number of nitrogens with zero attached hydrogens (tertiary/aromatic N) is 3. The molecular weight excluding hydrogens is 382 g/mol. The number of morpholine rings is 1. The number of methoxy groups -OCH3 is 2. The Morgan fingerprint density at radius 2 is 1.53 bits per heavy atom. The molecule has 7 heteroatoms. The zero-order valence-corrected chi connectivity index (χ0v) is 17.4. The smallest absolute Gasteiger partial charge is 0.241 e. The Morgan fingerprint density at radius 3 is 2.17 bits per heavy atom. The average Bonchev–Trinajstić information content (AvgIpc) is 3.24. The first kappa shape index (κ1) is 20.3. The molecule has 0 unspecified atom stereocenters. The highest BCUT2D eigenvalue weighted by molar-refractivity contribution is 5.69. The molecule has 0 bridgehead atoms. The van der Waals surface area contributed by atoms with Crippen LogP contribution in [0.15, 0.2) is 54.7 Å². The molecule has 0 radical (unpaired) electrons. The van der Waals surface area contributed by atoms with E-state index in [4.69, 9.17) is 24.0 Å². The summed E-state index contributed by atoms with van der Waals surface area (Å²) >= 11 is 0. The highest BCUT2D eigenvalue weighted by atomic mass is 16.5. The number of ether oxygens (including phenoxy) is 4. The van der Waals surface area contributed by atoms with Gasteiger partial charge in [-0.25, -0.2) is 4.68 Å². The molecule has 2 heterocycles. The average molecular weight is 409 g/mol. The molecule has 3 aromatic rings. The highest BCUT2D eigenvalue weighted by Gasteiger charge is 2.16. The normalized spacial score (nSPS) is 14.5. The fourth-order valence-electron chi connectivity index (χ4n) is 3.40. The van der Waals surface area contributed by atoms with Crippen LogP contribution >= 0.6 is 0 Å². The quantitative estimate of drug-likeness (QED) is 0.569. The summed E-state index contributed by atoms with van der Waals surface area (Å²) in [6, 6.07) is 15.7. The van der Waals surface area contributed by atoms with Crippen molar-refractivity contribution in [1.29, 1.82) is 0 Å².